The monoisotopic (exact) mass is 572 g/mol. The molecule has 6 heteroatoms. The Hall–Kier alpha value is -4.16. The Morgan fingerprint density at radius 3 is 2.19 bits per heavy atom. The molecule has 2 amide bonds. The van der Waals surface area contributed by atoms with Crippen LogP contribution < -0.4 is 4.90 Å². The third-order valence-electron chi connectivity index (χ3n) is 9.78. The molecular formula is C37H40N4O2. The Balaban J connectivity index is 1.15. The van der Waals surface area contributed by atoms with E-state index < -0.39 is 0 Å². The molecule has 4 aromatic rings. The van der Waals surface area contributed by atoms with E-state index in [9.17, 15) is 9.59 Å². The van der Waals surface area contributed by atoms with Gasteiger partial charge in [0.1, 0.15) is 5.69 Å². The standard InChI is InChI=1S/C37H40N4O2/c1-26-9-3-5-11-32(26)33-15-13-28(23-27(33)2)36(42)41-25-31-14-16-35(40(31)24-29-10-4-6-12-34(29)41)37(43)39-21-17-30(18-22-39)38-19-7-8-20-38/h3-6,9-16,23,30H,7-8,17-22,24-25H2,1-2H3. The van der Waals surface area contributed by atoms with Gasteiger partial charge in [-0.15, -0.1) is 0 Å². The number of para-hydroxylation sites is 1. The molecule has 0 unspecified atom stereocenters. The van der Waals surface area contributed by atoms with Crippen molar-refractivity contribution in [2.45, 2.75) is 58.7 Å². The Bertz CT molecular complexity index is 1670. The van der Waals surface area contributed by atoms with Crippen LogP contribution in [0.2, 0.25) is 0 Å². The minimum Gasteiger partial charge on any atom is -0.337 e. The average Bonchev–Trinajstić information content (AvgIpc) is 3.68. The number of piperidine rings is 1. The van der Waals surface area contributed by atoms with E-state index in [2.05, 4.69) is 59.7 Å². The normalized spacial score (nSPS) is 17.4. The topological polar surface area (TPSA) is 48.8 Å². The summed E-state index contributed by atoms with van der Waals surface area (Å²) >= 11 is 0. The maximum Gasteiger partial charge on any atom is 0.270 e. The van der Waals surface area contributed by atoms with E-state index in [1.807, 2.05) is 52.3 Å². The van der Waals surface area contributed by atoms with Crippen LogP contribution in [0.4, 0.5) is 5.69 Å². The molecule has 0 bridgehead atoms. The van der Waals surface area contributed by atoms with Crippen molar-refractivity contribution in [1.29, 1.82) is 0 Å². The number of anilines is 1. The highest BCUT2D eigenvalue weighted by Gasteiger charge is 2.32. The van der Waals surface area contributed by atoms with E-state index in [0.29, 0.717) is 24.7 Å². The average molecular weight is 573 g/mol. The van der Waals surface area contributed by atoms with E-state index in [1.165, 1.54) is 37.1 Å². The quantitative estimate of drug-likeness (QED) is 0.274. The number of rotatable bonds is 4. The molecule has 0 saturated carbocycles. The highest BCUT2D eigenvalue weighted by molar-refractivity contribution is 6.07. The van der Waals surface area contributed by atoms with Gasteiger partial charge in [0.2, 0.25) is 0 Å². The maximum absolute atomic E-state index is 14.2. The molecule has 2 saturated heterocycles. The summed E-state index contributed by atoms with van der Waals surface area (Å²) in [5.41, 5.74) is 8.94. The zero-order valence-electron chi connectivity index (χ0n) is 25.3. The largest absolute Gasteiger partial charge is 0.337 e. The molecule has 0 aliphatic carbocycles. The van der Waals surface area contributed by atoms with Crippen LogP contribution >= 0.6 is 0 Å². The number of likely N-dealkylation sites (tertiary alicyclic amines) is 2. The molecular weight excluding hydrogens is 532 g/mol. The molecule has 3 aliphatic rings. The highest BCUT2D eigenvalue weighted by atomic mass is 16.2. The second-order valence-corrected chi connectivity index (χ2v) is 12.4. The van der Waals surface area contributed by atoms with E-state index in [1.54, 1.807) is 0 Å². The van der Waals surface area contributed by atoms with Crippen LogP contribution in [-0.2, 0) is 13.1 Å². The van der Waals surface area contributed by atoms with Crippen LogP contribution in [0.15, 0.2) is 78.9 Å². The van der Waals surface area contributed by atoms with Gasteiger partial charge >= 0.3 is 0 Å². The molecule has 3 aliphatic heterocycles. The molecule has 3 aromatic carbocycles. The molecule has 7 rings (SSSR count). The molecule has 220 valence electrons. The summed E-state index contributed by atoms with van der Waals surface area (Å²) < 4.78 is 2.13. The first-order valence-corrected chi connectivity index (χ1v) is 15.8. The number of aromatic nitrogens is 1. The number of carbonyl (C=O) groups is 2. The number of hydrogen-bond acceptors (Lipinski definition) is 3. The fourth-order valence-electron chi connectivity index (χ4n) is 7.36. The smallest absolute Gasteiger partial charge is 0.270 e. The van der Waals surface area contributed by atoms with Gasteiger partial charge in [-0.05, 0) is 111 Å². The lowest BCUT2D eigenvalue weighted by Crippen LogP contribution is -2.46. The zero-order chi connectivity index (χ0) is 29.5. The van der Waals surface area contributed by atoms with E-state index in [0.717, 1.165) is 59.7 Å². The van der Waals surface area contributed by atoms with Crippen LogP contribution in [-0.4, -0.2) is 58.4 Å². The highest BCUT2D eigenvalue weighted by Crippen LogP contribution is 2.33. The van der Waals surface area contributed by atoms with Crippen LogP contribution in [0.3, 0.4) is 0 Å². The van der Waals surface area contributed by atoms with Crippen molar-refractivity contribution in [3.05, 3.63) is 113 Å². The van der Waals surface area contributed by atoms with Crippen molar-refractivity contribution in [2.75, 3.05) is 31.1 Å². The van der Waals surface area contributed by atoms with Crippen molar-refractivity contribution < 1.29 is 9.59 Å². The van der Waals surface area contributed by atoms with Crippen molar-refractivity contribution in [1.82, 2.24) is 14.4 Å². The number of carbonyl (C=O) groups excluding carboxylic acids is 2. The van der Waals surface area contributed by atoms with Gasteiger partial charge in [-0.2, -0.15) is 0 Å². The number of nitrogens with zero attached hydrogens (tertiary/aromatic N) is 4. The van der Waals surface area contributed by atoms with Gasteiger partial charge in [0.25, 0.3) is 11.8 Å². The van der Waals surface area contributed by atoms with Crippen molar-refractivity contribution >= 4 is 17.5 Å². The summed E-state index contributed by atoms with van der Waals surface area (Å²) in [6.45, 7) is 9.20. The Morgan fingerprint density at radius 1 is 0.698 bits per heavy atom. The third kappa shape index (κ3) is 5.18. The summed E-state index contributed by atoms with van der Waals surface area (Å²) in [5, 5.41) is 0. The molecule has 0 atom stereocenters. The molecule has 2 fully saturated rings. The number of hydrogen-bond donors (Lipinski definition) is 0. The Morgan fingerprint density at radius 2 is 1.42 bits per heavy atom. The zero-order valence-corrected chi connectivity index (χ0v) is 25.3. The van der Waals surface area contributed by atoms with Gasteiger partial charge in [0, 0.05) is 36.1 Å². The molecule has 1 aromatic heterocycles. The first-order chi connectivity index (χ1) is 21.0. The maximum atomic E-state index is 14.2. The van der Waals surface area contributed by atoms with Crippen LogP contribution in [0.1, 0.15) is 68.9 Å². The van der Waals surface area contributed by atoms with E-state index in [-0.39, 0.29) is 11.8 Å². The number of benzene rings is 3. The fourth-order valence-corrected chi connectivity index (χ4v) is 7.36. The first-order valence-electron chi connectivity index (χ1n) is 15.8. The van der Waals surface area contributed by atoms with Gasteiger partial charge in [0.05, 0.1) is 13.1 Å². The van der Waals surface area contributed by atoms with E-state index in [4.69, 9.17) is 0 Å². The molecule has 4 heterocycles. The Kier molecular flexibility index (Phi) is 7.39. The SMILES string of the molecule is Cc1ccccc1-c1ccc(C(=O)N2Cc3ccc(C(=O)N4CCC(N5CCCC5)CC4)n3Cc3ccccc32)cc1C. The van der Waals surface area contributed by atoms with Crippen LogP contribution in [0.25, 0.3) is 11.1 Å². The summed E-state index contributed by atoms with van der Waals surface area (Å²) in [5.74, 6) is 0.0733. The summed E-state index contributed by atoms with van der Waals surface area (Å²) in [7, 11) is 0. The second-order valence-electron chi connectivity index (χ2n) is 12.4. The summed E-state index contributed by atoms with van der Waals surface area (Å²) in [6.07, 6.45) is 4.70. The molecule has 0 spiro atoms. The first kappa shape index (κ1) is 27.7. The van der Waals surface area contributed by atoms with Gasteiger partial charge in [0.15, 0.2) is 0 Å². The van der Waals surface area contributed by atoms with Gasteiger partial charge < -0.3 is 19.3 Å². The van der Waals surface area contributed by atoms with Crippen LogP contribution in [0.5, 0.6) is 0 Å². The number of amides is 2. The van der Waals surface area contributed by atoms with Gasteiger partial charge in [-0.3, -0.25) is 9.59 Å². The predicted octanol–water partition coefficient (Wildman–Crippen LogP) is 6.68. The molecule has 43 heavy (non-hydrogen) atoms. The van der Waals surface area contributed by atoms with Gasteiger partial charge in [-0.1, -0.05) is 48.5 Å². The Labute approximate surface area is 254 Å². The molecule has 0 N–H and O–H groups in total. The van der Waals surface area contributed by atoms with Crippen molar-refractivity contribution in [2.24, 2.45) is 0 Å². The van der Waals surface area contributed by atoms with E-state index >= 15 is 0 Å². The minimum atomic E-state index is -0.0293. The second kappa shape index (κ2) is 11.5. The van der Waals surface area contributed by atoms with Crippen molar-refractivity contribution in [3.63, 3.8) is 0 Å². The van der Waals surface area contributed by atoms with Crippen LogP contribution in [0, 0.1) is 13.8 Å². The minimum absolute atomic E-state index is 0.0293. The fraction of sp³-hybridized carbons (Fsp3) is 0.351. The summed E-state index contributed by atoms with van der Waals surface area (Å²) in [6, 6.07) is 27.1. The predicted molar refractivity (Wildman–Crippen MR) is 172 cm³/mol. The van der Waals surface area contributed by atoms with Gasteiger partial charge in [-0.25, -0.2) is 0 Å². The lowest BCUT2D eigenvalue weighted by Gasteiger charge is -2.36. The summed E-state index contributed by atoms with van der Waals surface area (Å²) in [4.78, 5) is 34.5. The number of fused-ring (bicyclic) bond motifs is 2. The van der Waals surface area contributed by atoms with Crippen molar-refractivity contribution in [3.8, 4) is 11.1 Å². The lowest BCUT2D eigenvalue weighted by molar-refractivity contribution is 0.0634. The third-order valence-corrected chi connectivity index (χ3v) is 9.78. The lowest BCUT2D eigenvalue weighted by atomic mass is 9.95. The number of aryl methyl sites for hydroxylation is 2. The molecule has 6 nitrogen and oxygen atoms in total. The molecule has 0 radical (unpaired) electrons.